The van der Waals surface area contributed by atoms with E-state index in [0.29, 0.717) is 0 Å². The van der Waals surface area contributed by atoms with Crippen LogP contribution in [0.25, 0.3) is 0 Å². The van der Waals surface area contributed by atoms with Gasteiger partial charge in [-0.3, -0.25) is 0 Å². The van der Waals surface area contributed by atoms with Gasteiger partial charge in [0.15, 0.2) is 5.03 Å². The zero-order valence-electron chi connectivity index (χ0n) is 12.6. The smallest absolute Gasteiger partial charge is 0.209 e. The minimum atomic E-state index is -3.47. The Bertz CT molecular complexity index is 593. The summed E-state index contributed by atoms with van der Waals surface area (Å²) in [4.78, 5) is 4.04. The van der Waals surface area contributed by atoms with Crippen LogP contribution in [-0.4, -0.2) is 18.7 Å². The van der Waals surface area contributed by atoms with Gasteiger partial charge in [-0.1, -0.05) is 38.2 Å². The van der Waals surface area contributed by atoms with Gasteiger partial charge in [-0.05, 0) is 37.3 Å². The van der Waals surface area contributed by atoms with Gasteiger partial charge in [0.25, 0.3) is 0 Å². The standard InChI is InChI=1S/C17H23NO2S/c1-2-3-5-12-16(15-10-6-4-7-11-15)21(19,20)17-13-8-9-14-18-17/h8-9,13-16H,2-4,6-7,10-11H2,1H3. The second kappa shape index (κ2) is 7.61. The number of hydrogen-bond acceptors (Lipinski definition) is 3. The minimum absolute atomic E-state index is 0.148. The molecule has 1 fully saturated rings. The Balaban J connectivity index is 2.32. The Hall–Kier alpha value is -1.34. The zero-order valence-corrected chi connectivity index (χ0v) is 13.4. The van der Waals surface area contributed by atoms with Crippen molar-refractivity contribution in [3.8, 4) is 11.8 Å². The maximum atomic E-state index is 12.9. The van der Waals surface area contributed by atoms with Crippen molar-refractivity contribution in [3.05, 3.63) is 24.4 Å². The molecule has 2 rings (SSSR count). The van der Waals surface area contributed by atoms with Crippen LogP contribution in [0.3, 0.4) is 0 Å². The van der Waals surface area contributed by atoms with E-state index in [2.05, 4.69) is 23.7 Å². The summed E-state index contributed by atoms with van der Waals surface area (Å²) in [6.07, 6.45) is 8.56. The molecule has 21 heavy (non-hydrogen) atoms. The number of sulfone groups is 1. The second-order valence-electron chi connectivity index (χ2n) is 5.60. The van der Waals surface area contributed by atoms with Crippen molar-refractivity contribution in [1.29, 1.82) is 0 Å². The normalized spacial score (nSPS) is 17.8. The van der Waals surface area contributed by atoms with Crippen LogP contribution >= 0.6 is 0 Å². The van der Waals surface area contributed by atoms with Crippen LogP contribution in [0.2, 0.25) is 0 Å². The van der Waals surface area contributed by atoms with Gasteiger partial charge in [0.2, 0.25) is 9.84 Å². The lowest BCUT2D eigenvalue weighted by atomic mass is 9.87. The molecule has 0 N–H and O–H groups in total. The Labute approximate surface area is 128 Å². The molecule has 1 heterocycles. The summed E-state index contributed by atoms with van der Waals surface area (Å²) in [6, 6.07) is 5.03. The lowest BCUT2D eigenvalue weighted by Gasteiger charge is -2.26. The Morgan fingerprint density at radius 1 is 1.29 bits per heavy atom. The van der Waals surface area contributed by atoms with E-state index in [0.717, 1.165) is 38.5 Å². The first kappa shape index (κ1) is 16.0. The maximum absolute atomic E-state index is 12.9. The Morgan fingerprint density at radius 2 is 2.05 bits per heavy atom. The molecular formula is C17H23NO2S. The molecule has 4 heteroatoms. The molecule has 1 aliphatic rings. The van der Waals surface area contributed by atoms with Crippen LogP contribution in [0, 0.1) is 17.8 Å². The lowest BCUT2D eigenvalue weighted by molar-refractivity contribution is 0.363. The largest absolute Gasteiger partial charge is 0.245 e. The average molecular weight is 305 g/mol. The molecule has 0 bridgehead atoms. The van der Waals surface area contributed by atoms with Crippen LogP contribution in [0.15, 0.2) is 29.4 Å². The van der Waals surface area contributed by atoms with E-state index >= 15 is 0 Å². The van der Waals surface area contributed by atoms with E-state index in [1.807, 2.05) is 0 Å². The molecule has 0 amide bonds. The number of pyridine rings is 1. The molecule has 1 atom stereocenters. The van der Waals surface area contributed by atoms with Crippen LogP contribution < -0.4 is 0 Å². The molecule has 0 spiro atoms. The first-order chi connectivity index (χ1) is 10.2. The van der Waals surface area contributed by atoms with Crippen LogP contribution in [-0.2, 0) is 9.84 Å². The van der Waals surface area contributed by atoms with Crippen molar-refractivity contribution in [2.75, 3.05) is 0 Å². The van der Waals surface area contributed by atoms with Gasteiger partial charge >= 0.3 is 0 Å². The van der Waals surface area contributed by atoms with E-state index in [-0.39, 0.29) is 10.9 Å². The lowest BCUT2D eigenvalue weighted by Crippen LogP contribution is -2.31. The third kappa shape index (κ3) is 4.07. The third-order valence-corrected chi connectivity index (χ3v) is 5.96. The highest BCUT2D eigenvalue weighted by Gasteiger charge is 2.34. The quantitative estimate of drug-likeness (QED) is 0.798. The molecule has 1 saturated carbocycles. The summed E-state index contributed by atoms with van der Waals surface area (Å²) in [5, 5.41) is -0.439. The zero-order chi connectivity index (χ0) is 15.1. The highest BCUT2D eigenvalue weighted by Crippen LogP contribution is 2.31. The van der Waals surface area contributed by atoms with Crippen molar-refractivity contribution in [3.63, 3.8) is 0 Å². The summed E-state index contributed by atoms with van der Waals surface area (Å²) < 4.78 is 25.7. The van der Waals surface area contributed by atoms with Gasteiger partial charge in [-0.2, -0.15) is 0 Å². The number of unbranched alkanes of at least 4 members (excludes halogenated alkanes) is 1. The highest BCUT2D eigenvalue weighted by molar-refractivity contribution is 7.92. The van der Waals surface area contributed by atoms with Gasteiger partial charge in [0.05, 0.1) is 0 Å². The second-order valence-corrected chi connectivity index (χ2v) is 7.62. The van der Waals surface area contributed by atoms with E-state index in [4.69, 9.17) is 0 Å². The number of nitrogens with zero attached hydrogens (tertiary/aromatic N) is 1. The minimum Gasteiger partial charge on any atom is -0.245 e. The van der Waals surface area contributed by atoms with Crippen molar-refractivity contribution < 1.29 is 8.42 Å². The van der Waals surface area contributed by atoms with E-state index in [1.165, 1.54) is 12.6 Å². The molecule has 114 valence electrons. The molecule has 0 aromatic carbocycles. The van der Waals surface area contributed by atoms with Gasteiger partial charge in [-0.25, -0.2) is 13.4 Å². The fourth-order valence-corrected chi connectivity index (χ4v) is 4.58. The molecule has 1 aliphatic carbocycles. The Morgan fingerprint density at radius 3 is 2.67 bits per heavy atom. The summed E-state index contributed by atoms with van der Waals surface area (Å²) in [5.74, 6) is 6.25. The molecule has 3 nitrogen and oxygen atoms in total. The number of aromatic nitrogens is 1. The first-order valence-electron chi connectivity index (χ1n) is 7.79. The van der Waals surface area contributed by atoms with E-state index in [1.54, 1.807) is 18.2 Å². The van der Waals surface area contributed by atoms with Gasteiger partial charge in [0, 0.05) is 12.6 Å². The molecule has 0 saturated heterocycles. The topological polar surface area (TPSA) is 47.0 Å². The first-order valence-corrected chi connectivity index (χ1v) is 9.34. The summed E-state index contributed by atoms with van der Waals surface area (Å²) in [5.41, 5.74) is 0. The molecule has 0 aliphatic heterocycles. The van der Waals surface area contributed by atoms with Gasteiger partial charge < -0.3 is 0 Å². The van der Waals surface area contributed by atoms with Gasteiger partial charge in [0.1, 0.15) is 5.25 Å². The molecule has 1 aromatic heterocycles. The molecule has 0 radical (unpaired) electrons. The predicted octanol–water partition coefficient (Wildman–Crippen LogP) is 3.61. The number of hydrogen-bond donors (Lipinski definition) is 0. The summed E-state index contributed by atoms with van der Waals surface area (Å²) in [7, 11) is -3.47. The highest BCUT2D eigenvalue weighted by atomic mass is 32.2. The predicted molar refractivity (Wildman–Crippen MR) is 84.5 cm³/mol. The fraction of sp³-hybridized carbons (Fsp3) is 0.588. The Kier molecular flexibility index (Phi) is 5.81. The van der Waals surface area contributed by atoms with Crippen LogP contribution in [0.4, 0.5) is 0 Å². The third-order valence-electron chi connectivity index (χ3n) is 3.96. The SMILES string of the molecule is CCCC#CC(C1CCCCC1)S(=O)(=O)c1ccccn1. The molecule has 1 aromatic rings. The van der Waals surface area contributed by atoms with Crippen molar-refractivity contribution >= 4 is 9.84 Å². The van der Waals surface area contributed by atoms with Crippen molar-refractivity contribution in [1.82, 2.24) is 4.98 Å². The van der Waals surface area contributed by atoms with E-state index < -0.39 is 15.1 Å². The fourth-order valence-electron chi connectivity index (χ4n) is 2.83. The summed E-state index contributed by atoms with van der Waals surface area (Å²) in [6.45, 7) is 2.05. The monoisotopic (exact) mass is 305 g/mol. The van der Waals surface area contributed by atoms with Crippen LogP contribution in [0.5, 0.6) is 0 Å². The summed E-state index contributed by atoms with van der Waals surface area (Å²) >= 11 is 0. The molecular weight excluding hydrogens is 282 g/mol. The molecule has 1 unspecified atom stereocenters. The average Bonchev–Trinajstić information content (AvgIpc) is 2.53. The number of rotatable bonds is 4. The van der Waals surface area contributed by atoms with Crippen molar-refractivity contribution in [2.24, 2.45) is 5.92 Å². The van der Waals surface area contributed by atoms with Crippen molar-refractivity contribution in [2.45, 2.75) is 62.1 Å². The maximum Gasteiger partial charge on any atom is 0.209 e. The van der Waals surface area contributed by atoms with Crippen LogP contribution in [0.1, 0.15) is 51.9 Å². The van der Waals surface area contributed by atoms with Gasteiger partial charge in [-0.15, -0.1) is 5.92 Å². The van der Waals surface area contributed by atoms with E-state index in [9.17, 15) is 8.42 Å².